The third-order valence-electron chi connectivity index (χ3n) is 3.01. The summed E-state index contributed by atoms with van der Waals surface area (Å²) in [5.74, 6) is -1.51. The van der Waals surface area contributed by atoms with Crippen LogP contribution in [0.1, 0.15) is 20.8 Å². The molecule has 0 aromatic carbocycles. The lowest BCUT2D eigenvalue weighted by Gasteiger charge is -2.46. The first-order chi connectivity index (χ1) is 7.98. The van der Waals surface area contributed by atoms with Crippen molar-refractivity contribution < 1.29 is 22.8 Å². The Labute approximate surface area is 102 Å². The standard InChI is InChI=1S/C10H16F3N3O2/c1-5(14)7(10(11,12)13)16-4-6(17)15-8(18)9(16,2)3/h5,7H,4,14H2,1-3H3,(H,15,17,18). The fourth-order valence-electron chi connectivity index (χ4n) is 2.01. The van der Waals surface area contributed by atoms with E-state index in [9.17, 15) is 22.8 Å². The van der Waals surface area contributed by atoms with Crippen LogP contribution in [0.25, 0.3) is 0 Å². The van der Waals surface area contributed by atoms with E-state index in [0.29, 0.717) is 0 Å². The number of rotatable bonds is 2. The lowest BCUT2D eigenvalue weighted by molar-refractivity contribution is -0.205. The van der Waals surface area contributed by atoms with Crippen LogP contribution in [-0.2, 0) is 9.59 Å². The first-order valence-electron chi connectivity index (χ1n) is 5.41. The van der Waals surface area contributed by atoms with Gasteiger partial charge in [-0.3, -0.25) is 19.8 Å². The molecule has 18 heavy (non-hydrogen) atoms. The smallest absolute Gasteiger partial charge is 0.326 e. The Morgan fingerprint density at radius 2 is 1.89 bits per heavy atom. The van der Waals surface area contributed by atoms with Crippen molar-refractivity contribution in [3.05, 3.63) is 0 Å². The molecule has 2 atom stereocenters. The number of imide groups is 1. The minimum absolute atomic E-state index is 0.509. The second kappa shape index (κ2) is 4.51. The molecule has 2 unspecified atom stereocenters. The van der Waals surface area contributed by atoms with Gasteiger partial charge in [-0.1, -0.05) is 0 Å². The van der Waals surface area contributed by atoms with E-state index in [1.807, 2.05) is 5.32 Å². The number of carbonyl (C=O) groups is 2. The molecule has 0 aromatic rings. The summed E-state index contributed by atoms with van der Waals surface area (Å²) < 4.78 is 39.0. The molecule has 2 amide bonds. The summed E-state index contributed by atoms with van der Waals surface area (Å²) in [4.78, 5) is 23.7. The highest BCUT2D eigenvalue weighted by Gasteiger charge is 2.54. The predicted molar refractivity (Wildman–Crippen MR) is 57.4 cm³/mol. The predicted octanol–water partition coefficient (Wildman–Crippen LogP) is 0.00150. The van der Waals surface area contributed by atoms with E-state index in [1.165, 1.54) is 20.8 Å². The number of amides is 2. The van der Waals surface area contributed by atoms with Gasteiger partial charge in [0.1, 0.15) is 6.04 Å². The van der Waals surface area contributed by atoms with Crippen LogP contribution in [0.2, 0.25) is 0 Å². The van der Waals surface area contributed by atoms with Crippen LogP contribution in [0, 0.1) is 0 Å². The molecule has 104 valence electrons. The Bertz CT molecular complexity index is 366. The Kier molecular flexibility index (Phi) is 3.73. The van der Waals surface area contributed by atoms with Crippen molar-refractivity contribution in [3.8, 4) is 0 Å². The number of nitrogens with zero attached hydrogens (tertiary/aromatic N) is 1. The molecule has 0 aromatic heterocycles. The number of piperazine rings is 1. The van der Waals surface area contributed by atoms with E-state index in [2.05, 4.69) is 0 Å². The lowest BCUT2D eigenvalue weighted by Crippen LogP contribution is -2.71. The zero-order valence-corrected chi connectivity index (χ0v) is 10.3. The SMILES string of the molecule is CC(N)C(N1CC(=O)NC(=O)C1(C)C)C(F)(F)F. The summed E-state index contributed by atoms with van der Waals surface area (Å²) in [5.41, 5.74) is 3.92. The number of hydrogen-bond donors (Lipinski definition) is 2. The second-order valence-electron chi connectivity index (χ2n) is 4.91. The molecule has 1 saturated heterocycles. The fraction of sp³-hybridized carbons (Fsp3) is 0.800. The molecule has 0 bridgehead atoms. The zero-order chi connectivity index (χ0) is 14.3. The second-order valence-corrected chi connectivity index (χ2v) is 4.91. The minimum Gasteiger partial charge on any atom is -0.326 e. The van der Waals surface area contributed by atoms with Gasteiger partial charge in [-0.05, 0) is 20.8 Å². The van der Waals surface area contributed by atoms with Crippen molar-refractivity contribution in [2.45, 2.75) is 44.6 Å². The number of alkyl halides is 3. The van der Waals surface area contributed by atoms with Crippen molar-refractivity contribution in [2.24, 2.45) is 5.73 Å². The summed E-state index contributed by atoms with van der Waals surface area (Å²) in [6, 6.07) is -3.29. The summed E-state index contributed by atoms with van der Waals surface area (Å²) in [7, 11) is 0. The average Bonchev–Trinajstić information content (AvgIpc) is 2.11. The number of nitrogens with two attached hydrogens (primary N) is 1. The van der Waals surface area contributed by atoms with Crippen molar-refractivity contribution in [1.82, 2.24) is 10.2 Å². The summed E-state index contributed by atoms with van der Waals surface area (Å²) >= 11 is 0. The van der Waals surface area contributed by atoms with Crippen LogP contribution in [0.15, 0.2) is 0 Å². The molecule has 0 radical (unpaired) electrons. The molecular weight excluding hydrogens is 251 g/mol. The summed E-state index contributed by atoms with van der Waals surface area (Å²) in [6.45, 7) is 3.35. The molecule has 1 aliphatic rings. The van der Waals surface area contributed by atoms with Crippen molar-refractivity contribution in [1.29, 1.82) is 0 Å². The molecule has 1 fully saturated rings. The van der Waals surface area contributed by atoms with E-state index in [0.717, 1.165) is 4.90 Å². The Balaban J connectivity index is 3.17. The van der Waals surface area contributed by atoms with E-state index >= 15 is 0 Å². The number of carbonyl (C=O) groups excluding carboxylic acids is 2. The van der Waals surface area contributed by atoms with E-state index in [1.54, 1.807) is 0 Å². The maximum Gasteiger partial charge on any atom is 0.405 e. The van der Waals surface area contributed by atoms with Crippen LogP contribution in [0.5, 0.6) is 0 Å². The van der Waals surface area contributed by atoms with Crippen LogP contribution >= 0.6 is 0 Å². The van der Waals surface area contributed by atoms with Crippen molar-refractivity contribution >= 4 is 11.8 Å². The van der Waals surface area contributed by atoms with Crippen LogP contribution < -0.4 is 11.1 Å². The van der Waals surface area contributed by atoms with Gasteiger partial charge in [0.15, 0.2) is 0 Å². The highest BCUT2D eigenvalue weighted by atomic mass is 19.4. The van der Waals surface area contributed by atoms with Crippen molar-refractivity contribution in [3.63, 3.8) is 0 Å². The third kappa shape index (κ3) is 2.64. The van der Waals surface area contributed by atoms with Gasteiger partial charge >= 0.3 is 6.18 Å². The van der Waals surface area contributed by atoms with Crippen LogP contribution in [-0.4, -0.2) is 47.1 Å². The fourth-order valence-corrected chi connectivity index (χ4v) is 2.01. The van der Waals surface area contributed by atoms with Crippen LogP contribution in [0.3, 0.4) is 0 Å². The van der Waals surface area contributed by atoms with Gasteiger partial charge in [-0.15, -0.1) is 0 Å². The number of nitrogens with one attached hydrogen (secondary N) is 1. The lowest BCUT2D eigenvalue weighted by atomic mass is 9.93. The summed E-state index contributed by atoms with van der Waals surface area (Å²) in [5, 5.41) is 2.02. The first-order valence-corrected chi connectivity index (χ1v) is 5.41. The quantitative estimate of drug-likeness (QED) is 0.691. The first kappa shape index (κ1) is 14.9. The molecular formula is C10H16F3N3O2. The highest BCUT2D eigenvalue weighted by Crippen LogP contribution is 2.32. The molecule has 1 rings (SSSR count). The monoisotopic (exact) mass is 267 g/mol. The maximum absolute atomic E-state index is 13.0. The minimum atomic E-state index is -4.61. The van der Waals surface area contributed by atoms with Gasteiger partial charge in [0, 0.05) is 6.04 Å². The van der Waals surface area contributed by atoms with Gasteiger partial charge in [0.25, 0.3) is 0 Å². The number of halogens is 3. The summed E-state index contributed by atoms with van der Waals surface area (Å²) in [6.07, 6.45) is -4.61. The molecule has 0 spiro atoms. The molecule has 5 nitrogen and oxygen atoms in total. The molecule has 1 heterocycles. The normalized spacial score (nSPS) is 24.6. The van der Waals surface area contributed by atoms with Crippen LogP contribution in [0.4, 0.5) is 13.2 Å². The topological polar surface area (TPSA) is 75.4 Å². The van der Waals surface area contributed by atoms with E-state index in [4.69, 9.17) is 5.73 Å². The largest absolute Gasteiger partial charge is 0.405 e. The Morgan fingerprint density at radius 3 is 2.28 bits per heavy atom. The molecule has 0 aliphatic carbocycles. The average molecular weight is 267 g/mol. The Morgan fingerprint density at radius 1 is 1.39 bits per heavy atom. The van der Waals surface area contributed by atoms with Gasteiger partial charge in [0.05, 0.1) is 12.1 Å². The van der Waals surface area contributed by atoms with Gasteiger partial charge in [0.2, 0.25) is 11.8 Å². The molecule has 1 aliphatic heterocycles. The molecule has 3 N–H and O–H groups in total. The molecule has 8 heteroatoms. The Hall–Kier alpha value is -1.15. The van der Waals surface area contributed by atoms with E-state index in [-0.39, 0.29) is 0 Å². The molecule has 0 saturated carbocycles. The highest BCUT2D eigenvalue weighted by molar-refractivity contribution is 6.03. The number of hydrogen-bond acceptors (Lipinski definition) is 4. The van der Waals surface area contributed by atoms with Gasteiger partial charge in [-0.2, -0.15) is 13.2 Å². The third-order valence-corrected chi connectivity index (χ3v) is 3.01. The zero-order valence-electron chi connectivity index (χ0n) is 10.3. The van der Waals surface area contributed by atoms with Gasteiger partial charge in [-0.25, -0.2) is 0 Å². The van der Waals surface area contributed by atoms with Gasteiger partial charge < -0.3 is 5.73 Å². The van der Waals surface area contributed by atoms with E-state index < -0.39 is 42.2 Å². The van der Waals surface area contributed by atoms with Crippen molar-refractivity contribution in [2.75, 3.05) is 6.54 Å². The maximum atomic E-state index is 13.0.